The molecule has 2 aromatic rings. The molecule has 0 saturated carbocycles. The number of fused-ring (bicyclic) bond motifs is 1. The van der Waals surface area contributed by atoms with Crippen molar-refractivity contribution in [2.45, 2.75) is 31.7 Å². The summed E-state index contributed by atoms with van der Waals surface area (Å²) in [5, 5.41) is 3.50. The van der Waals surface area contributed by atoms with E-state index in [0.717, 1.165) is 35.7 Å². The molecule has 1 aromatic carbocycles. The summed E-state index contributed by atoms with van der Waals surface area (Å²) >= 11 is 0. The molecule has 3 rings (SSSR count). The molecule has 4 nitrogen and oxygen atoms in total. The van der Waals surface area contributed by atoms with Gasteiger partial charge in [-0.3, -0.25) is 0 Å². The fourth-order valence-corrected chi connectivity index (χ4v) is 2.44. The number of hydrogen-bond acceptors (Lipinski definition) is 4. The highest BCUT2D eigenvalue weighted by molar-refractivity contribution is 5.74. The quantitative estimate of drug-likeness (QED) is 0.884. The number of ether oxygens (including phenoxy) is 1. The maximum Gasteiger partial charge on any atom is 0.212 e. The molecule has 4 heteroatoms. The van der Waals surface area contributed by atoms with Crippen LogP contribution in [0, 0.1) is 0 Å². The van der Waals surface area contributed by atoms with Gasteiger partial charge in [-0.25, -0.2) is 4.98 Å². The monoisotopic (exact) mass is 246 g/mol. The third-order valence-electron chi connectivity index (χ3n) is 3.47. The number of oxazole rings is 1. The van der Waals surface area contributed by atoms with Crippen LogP contribution in [0.15, 0.2) is 22.6 Å². The first-order valence-corrected chi connectivity index (χ1v) is 6.55. The van der Waals surface area contributed by atoms with Crippen LogP contribution in [-0.4, -0.2) is 18.6 Å². The second-order valence-corrected chi connectivity index (χ2v) is 4.74. The van der Waals surface area contributed by atoms with Crippen LogP contribution < -0.4 is 10.1 Å². The van der Waals surface area contributed by atoms with E-state index in [1.54, 1.807) is 7.11 Å². The molecule has 1 N–H and O–H groups in total. The molecule has 0 radical (unpaired) electrons. The van der Waals surface area contributed by atoms with Crippen molar-refractivity contribution in [2.75, 3.05) is 13.7 Å². The van der Waals surface area contributed by atoms with Gasteiger partial charge in [0.15, 0.2) is 5.58 Å². The van der Waals surface area contributed by atoms with Gasteiger partial charge < -0.3 is 14.5 Å². The van der Waals surface area contributed by atoms with E-state index in [1.807, 2.05) is 18.2 Å². The van der Waals surface area contributed by atoms with Crippen LogP contribution in [0.2, 0.25) is 0 Å². The van der Waals surface area contributed by atoms with Crippen molar-refractivity contribution in [3.63, 3.8) is 0 Å². The van der Waals surface area contributed by atoms with Crippen molar-refractivity contribution in [1.29, 1.82) is 0 Å². The number of nitrogens with one attached hydrogen (secondary N) is 1. The molecule has 96 valence electrons. The number of nitrogens with zero attached hydrogens (tertiary/aromatic N) is 1. The summed E-state index contributed by atoms with van der Waals surface area (Å²) in [5.74, 6) is 1.61. The molecule has 0 aliphatic carbocycles. The summed E-state index contributed by atoms with van der Waals surface area (Å²) in [6.07, 6.45) is 4.87. The van der Waals surface area contributed by atoms with Crippen LogP contribution in [0.5, 0.6) is 5.75 Å². The van der Waals surface area contributed by atoms with E-state index in [2.05, 4.69) is 10.3 Å². The summed E-state index contributed by atoms with van der Waals surface area (Å²) < 4.78 is 11.0. The van der Waals surface area contributed by atoms with E-state index < -0.39 is 0 Å². The van der Waals surface area contributed by atoms with E-state index in [0.29, 0.717) is 0 Å². The number of hydrogen-bond donors (Lipinski definition) is 1. The molecular weight excluding hydrogens is 228 g/mol. The first kappa shape index (κ1) is 11.5. The van der Waals surface area contributed by atoms with Crippen molar-refractivity contribution < 1.29 is 9.15 Å². The zero-order valence-electron chi connectivity index (χ0n) is 10.6. The maximum absolute atomic E-state index is 5.85. The predicted molar refractivity (Wildman–Crippen MR) is 69.8 cm³/mol. The van der Waals surface area contributed by atoms with Crippen molar-refractivity contribution in [3.8, 4) is 5.75 Å². The molecule has 1 aromatic heterocycles. The average molecular weight is 246 g/mol. The fraction of sp³-hybridized carbons (Fsp3) is 0.500. The van der Waals surface area contributed by atoms with Crippen molar-refractivity contribution >= 4 is 11.1 Å². The Morgan fingerprint density at radius 3 is 3.17 bits per heavy atom. The van der Waals surface area contributed by atoms with Gasteiger partial charge in [-0.1, -0.05) is 12.8 Å². The van der Waals surface area contributed by atoms with Crippen molar-refractivity contribution in [2.24, 2.45) is 0 Å². The molecule has 1 unspecified atom stereocenters. The molecular formula is C14H18N2O2. The summed E-state index contributed by atoms with van der Waals surface area (Å²) in [6, 6.07) is 6.00. The standard InChI is InChI=1S/C14H18N2O2/c1-17-10-6-7-11-13(9-10)18-14(16-11)12-5-3-2-4-8-15-12/h6-7,9,12,15H,2-5,8H2,1H3. The number of aromatic nitrogens is 1. The van der Waals surface area contributed by atoms with Crippen molar-refractivity contribution in [1.82, 2.24) is 10.3 Å². The van der Waals surface area contributed by atoms with Gasteiger partial charge in [-0.15, -0.1) is 0 Å². The molecule has 1 saturated heterocycles. The van der Waals surface area contributed by atoms with Crippen LogP contribution in [0.1, 0.15) is 37.6 Å². The lowest BCUT2D eigenvalue weighted by Crippen LogP contribution is -2.20. The van der Waals surface area contributed by atoms with Gasteiger partial charge in [-0.2, -0.15) is 0 Å². The molecule has 0 bridgehead atoms. The van der Waals surface area contributed by atoms with Crippen LogP contribution in [-0.2, 0) is 0 Å². The predicted octanol–water partition coefficient (Wildman–Crippen LogP) is 3.04. The minimum atomic E-state index is 0.255. The molecule has 0 spiro atoms. The van der Waals surface area contributed by atoms with Gasteiger partial charge in [0.1, 0.15) is 11.3 Å². The highest BCUT2D eigenvalue weighted by Gasteiger charge is 2.19. The third kappa shape index (κ3) is 2.20. The zero-order valence-corrected chi connectivity index (χ0v) is 10.6. The minimum Gasteiger partial charge on any atom is -0.497 e. The molecule has 1 fully saturated rings. The topological polar surface area (TPSA) is 47.3 Å². The third-order valence-corrected chi connectivity index (χ3v) is 3.47. The number of methoxy groups -OCH3 is 1. The maximum atomic E-state index is 5.85. The largest absolute Gasteiger partial charge is 0.497 e. The smallest absolute Gasteiger partial charge is 0.212 e. The number of rotatable bonds is 2. The Bertz CT molecular complexity index is 528. The fourth-order valence-electron chi connectivity index (χ4n) is 2.44. The molecule has 1 aliphatic heterocycles. The first-order chi connectivity index (χ1) is 8.86. The normalized spacial score (nSPS) is 20.8. The van der Waals surface area contributed by atoms with Gasteiger partial charge in [-0.05, 0) is 31.5 Å². The SMILES string of the molecule is COc1ccc2nc(C3CCCCCN3)oc2c1. The Morgan fingerprint density at radius 1 is 1.33 bits per heavy atom. The summed E-state index contributed by atoms with van der Waals surface area (Å²) in [4.78, 5) is 4.57. The molecule has 0 amide bonds. The van der Waals surface area contributed by atoms with Gasteiger partial charge in [0.25, 0.3) is 0 Å². The van der Waals surface area contributed by atoms with Gasteiger partial charge in [0.05, 0.1) is 13.2 Å². The van der Waals surface area contributed by atoms with Crippen LogP contribution >= 0.6 is 0 Å². The molecule has 18 heavy (non-hydrogen) atoms. The van der Waals surface area contributed by atoms with E-state index in [9.17, 15) is 0 Å². The zero-order chi connectivity index (χ0) is 12.4. The van der Waals surface area contributed by atoms with Crippen LogP contribution in [0.3, 0.4) is 0 Å². The Labute approximate surface area is 106 Å². The minimum absolute atomic E-state index is 0.255. The summed E-state index contributed by atoms with van der Waals surface area (Å²) in [5.41, 5.74) is 1.70. The lowest BCUT2D eigenvalue weighted by molar-refractivity contribution is 0.404. The Kier molecular flexibility index (Phi) is 3.19. The second-order valence-electron chi connectivity index (χ2n) is 4.74. The summed E-state index contributed by atoms with van der Waals surface area (Å²) in [7, 11) is 1.66. The van der Waals surface area contributed by atoms with E-state index in [1.165, 1.54) is 19.3 Å². The lowest BCUT2D eigenvalue weighted by atomic mass is 10.1. The van der Waals surface area contributed by atoms with Crippen LogP contribution in [0.25, 0.3) is 11.1 Å². The molecule has 1 aliphatic rings. The highest BCUT2D eigenvalue weighted by Crippen LogP contribution is 2.27. The highest BCUT2D eigenvalue weighted by atomic mass is 16.5. The number of benzene rings is 1. The van der Waals surface area contributed by atoms with Crippen molar-refractivity contribution in [3.05, 3.63) is 24.1 Å². The van der Waals surface area contributed by atoms with E-state index in [4.69, 9.17) is 9.15 Å². The molecule has 2 heterocycles. The van der Waals surface area contributed by atoms with Crippen LogP contribution in [0.4, 0.5) is 0 Å². The van der Waals surface area contributed by atoms with E-state index >= 15 is 0 Å². The van der Waals surface area contributed by atoms with Gasteiger partial charge in [0, 0.05) is 6.07 Å². The second kappa shape index (κ2) is 4.98. The van der Waals surface area contributed by atoms with E-state index in [-0.39, 0.29) is 6.04 Å². The molecule has 1 atom stereocenters. The summed E-state index contributed by atoms with van der Waals surface area (Å²) in [6.45, 7) is 1.05. The van der Waals surface area contributed by atoms with Gasteiger partial charge in [0.2, 0.25) is 5.89 Å². The Hall–Kier alpha value is -1.55. The first-order valence-electron chi connectivity index (χ1n) is 6.55. The Morgan fingerprint density at radius 2 is 2.28 bits per heavy atom. The lowest BCUT2D eigenvalue weighted by Gasteiger charge is -2.10. The van der Waals surface area contributed by atoms with Gasteiger partial charge >= 0.3 is 0 Å². The Balaban J connectivity index is 1.91. The average Bonchev–Trinajstić information content (AvgIpc) is 2.63.